The summed E-state index contributed by atoms with van der Waals surface area (Å²) in [4.78, 5) is 0. The van der Waals surface area contributed by atoms with Gasteiger partial charge >= 0.3 is 0 Å². The molecule has 0 spiro atoms. The third kappa shape index (κ3) is 3.73. The summed E-state index contributed by atoms with van der Waals surface area (Å²) in [7, 11) is 0. The van der Waals surface area contributed by atoms with Gasteiger partial charge < -0.3 is 5.32 Å². The van der Waals surface area contributed by atoms with Gasteiger partial charge in [-0.15, -0.1) is 5.10 Å². The first-order valence-corrected chi connectivity index (χ1v) is 9.54. The van der Waals surface area contributed by atoms with Gasteiger partial charge in [-0.2, -0.15) is 0 Å². The van der Waals surface area contributed by atoms with E-state index in [1.54, 1.807) is 0 Å². The standard InChI is InChI=1S/C20H22ClN5/c21-16-9-7-8-15(14-16)19(22-17-10-3-1-4-11-17)20-23-24-25-26(20)18-12-5-2-6-13-18/h1,3-4,7-11,14,18-19,22H,2,5-6,12-13H2/t19-/m1/s1. The number of rotatable bonds is 5. The highest BCUT2D eigenvalue weighted by atomic mass is 35.5. The fourth-order valence-electron chi connectivity index (χ4n) is 3.66. The maximum Gasteiger partial charge on any atom is 0.178 e. The predicted molar refractivity (Wildman–Crippen MR) is 103 cm³/mol. The molecule has 0 aliphatic heterocycles. The second kappa shape index (κ2) is 7.87. The lowest BCUT2D eigenvalue weighted by molar-refractivity contribution is 0.315. The number of nitrogens with one attached hydrogen (secondary N) is 1. The van der Waals surface area contributed by atoms with Crippen molar-refractivity contribution in [3.8, 4) is 0 Å². The van der Waals surface area contributed by atoms with Crippen molar-refractivity contribution in [2.75, 3.05) is 5.32 Å². The zero-order chi connectivity index (χ0) is 17.8. The highest BCUT2D eigenvalue weighted by Crippen LogP contribution is 2.32. The quantitative estimate of drug-likeness (QED) is 0.686. The number of halogens is 1. The number of hydrogen-bond donors (Lipinski definition) is 1. The Morgan fingerprint density at radius 3 is 2.58 bits per heavy atom. The molecule has 4 rings (SSSR count). The number of tetrazole rings is 1. The third-order valence-electron chi connectivity index (χ3n) is 4.96. The Kier molecular flexibility index (Phi) is 5.16. The molecule has 5 nitrogen and oxygen atoms in total. The van der Waals surface area contributed by atoms with Gasteiger partial charge in [0.25, 0.3) is 0 Å². The van der Waals surface area contributed by atoms with E-state index in [0.717, 1.165) is 29.9 Å². The molecule has 1 aliphatic carbocycles. The molecule has 1 aromatic heterocycles. The van der Waals surface area contributed by atoms with Crippen molar-refractivity contribution in [1.29, 1.82) is 0 Å². The number of anilines is 1. The van der Waals surface area contributed by atoms with Crippen molar-refractivity contribution in [3.63, 3.8) is 0 Å². The van der Waals surface area contributed by atoms with Gasteiger partial charge in [0.15, 0.2) is 5.82 Å². The maximum absolute atomic E-state index is 6.26. The summed E-state index contributed by atoms with van der Waals surface area (Å²) in [6.07, 6.45) is 6.03. The van der Waals surface area contributed by atoms with Gasteiger partial charge in [-0.3, -0.25) is 0 Å². The molecule has 6 heteroatoms. The monoisotopic (exact) mass is 367 g/mol. The van der Waals surface area contributed by atoms with E-state index < -0.39 is 0 Å². The zero-order valence-electron chi connectivity index (χ0n) is 14.6. The van der Waals surface area contributed by atoms with Crippen molar-refractivity contribution >= 4 is 17.3 Å². The molecule has 134 valence electrons. The van der Waals surface area contributed by atoms with Gasteiger partial charge in [-0.1, -0.05) is 61.2 Å². The fourth-order valence-corrected chi connectivity index (χ4v) is 3.86. The SMILES string of the molecule is Clc1cccc([C@@H](Nc2ccccc2)c2nnnn2C2CCCCC2)c1. The second-order valence-electron chi connectivity index (χ2n) is 6.77. The summed E-state index contributed by atoms with van der Waals surface area (Å²) in [5.41, 5.74) is 2.07. The molecule has 1 atom stereocenters. The molecule has 1 aliphatic rings. The molecule has 3 aromatic rings. The van der Waals surface area contributed by atoms with Crippen LogP contribution in [0.5, 0.6) is 0 Å². The zero-order valence-corrected chi connectivity index (χ0v) is 15.3. The van der Waals surface area contributed by atoms with E-state index in [9.17, 15) is 0 Å². The van der Waals surface area contributed by atoms with Crippen LogP contribution < -0.4 is 5.32 Å². The maximum atomic E-state index is 6.26. The van der Waals surface area contributed by atoms with E-state index >= 15 is 0 Å². The van der Waals surface area contributed by atoms with E-state index in [4.69, 9.17) is 11.6 Å². The topological polar surface area (TPSA) is 55.6 Å². The van der Waals surface area contributed by atoms with Crippen LogP contribution in [-0.4, -0.2) is 20.2 Å². The first-order chi connectivity index (χ1) is 12.8. The Bertz CT molecular complexity index is 842. The molecule has 2 aromatic carbocycles. The van der Waals surface area contributed by atoms with Crippen molar-refractivity contribution in [1.82, 2.24) is 20.2 Å². The van der Waals surface area contributed by atoms with Crippen LogP contribution in [0.1, 0.15) is 55.6 Å². The molecule has 0 bridgehead atoms. The Morgan fingerprint density at radius 2 is 1.81 bits per heavy atom. The van der Waals surface area contributed by atoms with Crippen LogP contribution in [0.25, 0.3) is 0 Å². The molecular weight excluding hydrogens is 346 g/mol. The van der Waals surface area contributed by atoms with E-state index in [1.165, 1.54) is 19.3 Å². The average Bonchev–Trinajstić information content (AvgIpc) is 3.17. The summed E-state index contributed by atoms with van der Waals surface area (Å²) in [6.45, 7) is 0. The average molecular weight is 368 g/mol. The number of benzene rings is 2. The lowest BCUT2D eigenvalue weighted by Crippen LogP contribution is -2.23. The van der Waals surface area contributed by atoms with Gasteiger partial charge in [0.2, 0.25) is 0 Å². The Balaban J connectivity index is 1.72. The summed E-state index contributed by atoms with van der Waals surface area (Å²) in [5, 5.41) is 17.0. The largest absolute Gasteiger partial charge is 0.371 e. The van der Waals surface area contributed by atoms with Crippen molar-refractivity contribution in [2.24, 2.45) is 0 Å². The van der Waals surface area contributed by atoms with Crippen LogP contribution >= 0.6 is 11.6 Å². The summed E-state index contributed by atoms with van der Waals surface area (Å²) in [6, 6.07) is 18.2. The van der Waals surface area contributed by atoms with Crippen LogP contribution in [0.2, 0.25) is 5.02 Å². The number of nitrogens with zero attached hydrogens (tertiary/aromatic N) is 4. The minimum absolute atomic E-state index is 0.159. The molecule has 1 saturated carbocycles. The molecule has 1 N–H and O–H groups in total. The van der Waals surface area contributed by atoms with E-state index in [0.29, 0.717) is 11.1 Å². The normalized spacial score (nSPS) is 16.3. The molecule has 0 unspecified atom stereocenters. The summed E-state index contributed by atoms with van der Waals surface area (Å²) < 4.78 is 2.01. The van der Waals surface area contributed by atoms with Crippen LogP contribution in [-0.2, 0) is 0 Å². The van der Waals surface area contributed by atoms with Crippen LogP contribution in [0.4, 0.5) is 5.69 Å². The predicted octanol–water partition coefficient (Wildman–Crippen LogP) is 5.03. The third-order valence-corrected chi connectivity index (χ3v) is 5.20. The minimum atomic E-state index is -0.159. The van der Waals surface area contributed by atoms with Gasteiger partial charge in [-0.05, 0) is 53.1 Å². The molecule has 0 amide bonds. The number of hydrogen-bond acceptors (Lipinski definition) is 4. The van der Waals surface area contributed by atoms with E-state index in [-0.39, 0.29) is 6.04 Å². The number of aromatic nitrogens is 4. The van der Waals surface area contributed by atoms with E-state index in [1.807, 2.05) is 53.2 Å². The van der Waals surface area contributed by atoms with Gasteiger partial charge in [0, 0.05) is 10.7 Å². The molecule has 0 radical (unpaired) electrons. The molecule has 1 heterocycles. The van der Waals surface area contributed by atoms with Crippen LogP contribution in [0.15, 0.2) is 54.6 Å². The Morgan fingerprint density at radius 1 is 1.00 bits per heavy atom. The Hall–Kier alpha value is -2.40. The lowest BCUT2D eigenvalue weighted by atomic mass is 9.95. The van der Waals surface area contributed by atoms with Crippen molar-refractivity contribution < 1.29 is 0 Å². The summed E-state index contributed by atoms with van der Waals surface area (Å²) in [5.74, 6) is 0.836. The van der Waals surface area contributed by atoms with E-state index in [2.05, 4.69) is 26.9 Å². The highest BCUT2D eigenvalue weighted by Gasteiger charge is 2.26. The molecular formula is C20H22ClN5. The van der Waals surface area contributed by atoms with Crippen LogP contribution in [0.3, 0.4) is 0 Å². The number of para-hydroxylation sites is 1. The Labute approximate surface area is 158 Å². The first-order valence-electron chi connectivity index (χ1n) is 9.16. The minimum Gasteiger partial charge on any atom is -0.371 e. The highest BCUT2D eigenvalue weighted by molar-refractivity contribution is 6.30. The summed E-state index contributed by atoms with van der Waals surface area (Å²) >= 11 is 6.26. The second-order valence-corrected chi connectivity index (χ2v) is 7.21. The molecule has 1 fully saturated rings. The molecule has 26 heavy (non-hydrogen) atoms. The smallest absolute Gasteiger partial charge is 0.178 e. The van der Waals surface area contributed by atoms with Gasteiger partial charge in [0.1, 0.15) is 6.04 Å². The van der Waals surface area contributed by atoms with Crippen molar-refractivity contribution in [2.45, 2.75) is 44.2 Å². The molecule has 0 saturated heterocycles. The van der Waals surface area contributed by atoms with Crippen molar-refractivity contribution in [3.05, 3.63) is 71.0 Å². The van der Waals surface area contributed by atoms with Gasteiger partial charge in [0.05, 0.1) is 6.04 Å². The van der Waals surface area contributed by atoms with Crippen LogP contribution in [0, 0.1) is 0 Å². The fraction of sp³-hybridized carbons (Fsp3) is 0.350. The first kappa shape index (κ1) is 17.0. The van der Waals surface area contributed by atoms with Gasteiger partial charge in [-0.25, -0.2) is 4.68 Å². The lowest BCUT2D eigenvalue weighted by Gasteiger charge is -2.26.